The fourth-order valence-corrected chi connectivity index (χ4v) is 1.10. The van der Waals surface area contributed by atoms with Gasteiger partial charge in [0.1, 0.15) is 11.8 Å². The highest BCUT2D eigenvalue weighted by atomic mass is 16.5. The molecule has 1 aromatic carbocycles. The van der Waals surface area contributed by atoms with Gasteiger partial charge in [0.2, 0.25) is 0 Å². The largest absolute Gasteiger partial charge is 0.508 e. The lowest BCUT2D eigenvalue weighted by Crippen LogP contribution is -2.07. The van der Waals surface area contributed by atoms with Crippen LogP contribution in [0.5, 0.6) is 5.75 Å². The number of ether oxygens (including phenoxy) is 1. The fourth-order valence-electron chi connectivity index (χ4n) is 1.10. The molecule has 0 aliphatic carbocycles. The number of phenols is 1. The summed E-state index contributed by atoms with van der Waals surface area (Å²) < 4.78 is 4.69. The van der Waals surface area contributed by atoms with E-state index in [2.05, 4.69) is 10.1 Å². The number of nitrogens with one attached hydrogen (secondary N) is 1. The summed E-state index contributed by atoms with van der Waals surface area (Å²) in [7, 11) is 0. The summed E-state index contributed by atoms with van der Waals surface area (Å²) >= 11 is 0. The summed E-state index contributed by atoms with van der Waals surface area (Å²) in [6, 6.07) is 8.05. The minimum Gasteiger partial charge on any atom is -0.508 e. The second-order valence-electron chi connectivity index (χ2n) is 3.08. The van der Waals surface area contributed by atoms with Crippen LogP contribution in [0.15, 0.2) is 36.0 Å². The molecular formula is C12H12N2O3. The Labute approximate surface area is 98.9 Å². The number of carbonyl (C=O) groups is 1. The molecule has 0 aliphatic rings. The van der Waals surface area contributed by atoms with Gasteiger partial charge in [-0.25, -0.2) is 4.79 Å². The van der Waals surface area contributed by atoms with Gasteiger partial charge < -0.3 is 15.2 Å². The average molecular weight is 232 g/mol. The van der Waals surface area contributed by atoms with Crippen LogP contribution in [0.3, 0.4) is 0 Å². The van der Waals surface area contributed by atoms with Crippen molar-refractivity contribution in [2.75, 3.05) is 11.9 Å². The van der Waals surface area contributed by atoms with Gasteiger partial charge >= 0.3 is 5.97 Å². The molecule has 0 radical (unpaired) electrons. The van der Waals surface area contributed by atoms with E-state index in [0.29, 0.717) is 5.69 Å². The number of aromatic hydroxyl groups is 1. The molecule has 2 N–H and O–H groups in total. The number of nitrogens with zero attached hydrogens (tertiary/aromatic N) is 1. The molecule has 0 atom stereocenters. The first kappa shape index (κ1) is 12.6. The summed E-state index contributed by atoms with van der Waals surface area (Å²) in [6.45, 7) is 1.87. The third-order valence-electron chi connectivity index (χ3n) is 1.85. The van der Waals surface area contributed by atoms with Gasteiger partial charge in [-0.15, -0.1) is 0 Å². The van der Waals surface area contributed by atoms with E-state index in [4.69, 9.17) is 5.26 Å². The summed E-state index contributed by atoms with van der Waals surface area (Å²) in [6.07, 6.45) is 1.24. The second kappa shape index (κ2) is 6.18. The zero-order valence-electron chi connectivity index (χ0n) is 9.30. The first-order valence-electron chi connectivity index (χ1n) is 5.00. The Balaban J connectivity index is 2.75. The number of benzene rings is 1. The van der Waals surface area contributed by atoms with Crippen molar-refractivity contribution in [1.82, 2.24) is 0 Å². The number of nitriles is 1. The Morgan fingerprint density at radius 3 is 3.00 bits per heavy atom. The maximum Gasteiger partial charge on any atom is 0.350 e. The molecule has 1 rings (SSSR count). The van der Waals surface area contributed by atoms with Gasteiger partial charge in [0.05, 0.1) is 6.61 Å². The Hall–Kier alpha value is -2.48. The molecule has 0 spiro atoms. The Kier molecular flexibility index (Phi) is 4.58. The van der Waals surface area contributed by atoms with Crippen molar-refractivity contribution in [3.63, 3.8) is 0 Å². The molecule has 0 amide bonds. The second-order valence-corrected chi connectivity index (χ2v) is 3.08. The van der Waals surface area contributed by atoms with E-state index in [1.54, 1.807) is 25.1 Å². The molecule has 0 saturated heterocycles. The van der Waals surface area contributed by atoms with Crippen LogP contribution in [0.2, 0.25) is 0 Å². The van der Waals surface area contributed by atoms with Crippen molar-refractivity contribution < 1.29 is 14.6 Å². The lowest BCUT2D eigenvalue weighted by atomic mass is 10.3. The van der Waals surface area contributed by atoms with Crippen LogP contribution in [0.1, 0.15) is 6.92 Å². The lowest BCUT2D eigenvalue weighted by Gasteiger charge is -2.03. The van der Waals surface area contributed by atoms with Gasteiger partial charge in [-0.05, 0) is 19.1 Å². The van der Waals surface area contributed by atoms with E-state index in [0.717, 1.165) is 0 Å². The molecule has 0 fully saturated rings. The maximum absolute atomic E-state index is 11.3. The van der Waals surface area contributed by atoms with Gasteiger partial charge in [0.25, 0.3) is 0 Å². The molecule has 88 valence electrons. The normalized spacial score (nSPS) is 10.5. The van der Waals surface area contributed by atoms with E-state index in [1.807, 2.05) is 0 Å². The number of phenolic OH excluding ortho intramolecular Hbond substituents is 1. The molecule has 0 heterocycles. The number of carbonyl (C=O) groups excluding carboxylic acids is 1. The lowest BCUT2D eigenvalue weighted by molar-refractivity contribution is -0.138. The minimum absolute atomic E-state index is 0.0954. The van der Waals surface area contributed by atoms with E-state index in [-0.39, 0.29) is 17.9 Å². The van der Waals surface area contributed by atoms with Crippen molar-refractivity contribution >= 4 is 11.7 Å². The van der Waals surface area contributed by atoms with Gasteiger partial charge in [-0.3, -0.25) is 0 Å². The molecule has 5 nitrogen and oxygen atoms in total. The minimum atomic E-state index is -0.678. The Morgan fingerprint density at radius 1 is 1.65 bits per heavy atom. The van der Waals surface area contributed by atoms with Crippen LogP contribution in [0.25, 0.3) is 0 Å². The maximum atomic E-state index is 11.3. The molecule has 0 saturated carbocycles. The van der Waals surface area contributed by atoms with Gasteiger partial charge in [-0.1, -0.05) is 6.07 Å². The van der Waals surface area contributed by atoms with Crippen LogP contribution < -0.4 is 5.32 Å². The smallest absolute Gasteiger partial charge is 0.350 e. The SMILES string of the molecule is CCOC(=O)/C(C#N)=C\Nc1cccc(O)c1. The number of rotatable bonds is 4. The van der Waals surface area contributed by atoms with E-state index >= 15 is 0 Å². The van der Waals surface area contributed by atoms with Crippen molar-refractivity contribution in [3.05, 3.63) is 36.0 Å². The Bertz CT molecular complexity index is 475. The third-order valence-corrected chi connectivity index (χ3v) is 1.85. The monoisotopic (exact) mass is 232 g/mol. The van der Waals surface area contributed by atoms with Crippen molar-refractivity contribution in [1.29, 1.82) is 5.26 Å². The standard InChI is InChI=1S/C12H12N2O3/c1-2-17-12(16)9(7-13)8-14-10-4-3-5-11(15)6-10/h3-6,8,14-15H,2H2,1H3/b9-8-. The molecular weight excluding hydrogens is 220 g/mol. The number of hydrogen-bond acceptors (Lipinski definition) is 5. The van der Waals surface area contributed by atoms with Gasteiger partial charge in [-0.2, -0.15) is 5.26 Å². The molecule has 17 heavy (non-hydrogen) atoms. The van der Waals surface area contributed by atoms with Gasteiger partial charge in [0.15, 0.2) is 5.57 Å². The predicted octanol–water partition coefficient (Wildman–Crippen LogP) is 1.77. The average Bonchev–Trinajstić information content (AvgIpc) is 2.30. The van der Waals surface area contributed by atoms with Crippen LogP contribution in [0, 0.1) is 11.3 Å². The highest BCUT2D eigenvalue weighted by Crippen LogP contribution is 2.15. The van der Waals surface area contributed by atoms with Gasteiger partial charge in [0, 0.05) is 18.0 Å². The van der Waals surface area contributed by atoms with Crippen molar-refractivity contribution in [2.45, 2.75) is 6.92 Å². The quantitative estimate of drug-likeness (QED) is 0.469. The van der Waals surface area contributed by atoms with Crippen LogP contribution >= 0.6 is 0 Å². The van der Waals surface area contributed by atoms with Crippen molar-refractivity contribution in [2.24, 2.45) is 0 Å². The van der Waals surface area contributed by atoms with E-state index in [9.17, 15) is 9.90 Å². The molecule has 5 heteroatoms. The van der Waals surface area contributed by atoms with Crippen molar-refractivity contribution in [3.8, 4) is 11.8 Å². The summed E-state index contributed by atoms with van der Waals surface area (Å²) in [5, 5.41) is 20.7. The first-order valence-corrected chi connectivity index (χ1v) is 5.00. The number of esters is 1. The van der Waals surface area contributed by atoms with Crippen LogP contribution in [-0.2, 0) is 9.53 Å². The summed E-state index contributed by atoms with van der Waals surface area (Å²) in [5.41, 5.74) is 0.442. The van der Waals surface area contributed by atoms with E-state index < -0.39 is 5.97 Å². The molecule has 0 aliphatic heterocycles. The number of anilines is 1. The number of hydrogen-bond donors (Lipinski definition) is 2. The predicted molar refractivity (Wildman–Crippen MR) is 62.1 cm³/mol. The van der Waals surface area contributed by atoms with E-state index in [1.165, 1.54) is 18.3 Å². The highest BCUT2D eigenvalue weighted by molar-refractivity contribution is 5.93. The molecule has 0 aromatic heterocycles. The fraction of sp³-hybridized carbons (Fsp3) is 0.167. The molecule has 0 bridgehead atoms. The zero-order chi connectivity index (χ0) is 12.7. The highest BCUT2D eigenvalue weighted by Gasteiger charge is 2.08. The zero-order valence-corrected chi connectivity index (χ0v) is 9.30. The van der Waals surface area contributed by atoms with Crippen LogP contribution in [0.4, 0.5) is 5.69 Å². The summed E-state index contributed by atoms with van der Waals surface area (Å²) in [4.78, 5) is 11.3. The molecule has 1 aromatic rings. The summed E-state index contributed by atoms with van der Waals surface area (Å²) in [5.74, 6) is -0.583. The topological polar surface area (TPSA) is 82.4 Å². The van der Waals surface area contributed by atoms with Crippen LogP contribution in [-0.4, -0.2) is 17.7 Å². The Morgan fingerprint density at radius 2 is 2.41 bits per heavy atom. The first-order chi connectivity index (χ1) is 8.17. The third kappa shape index (κ3) is 3.87. The molecule has 0 unspecified atom stereocenters.